The van der Waals surface area contributed by atoms with Crippen molar-refractivity contribution in [2.75, 3.05) is 0 Å². The first-order chi connectivity index (χ1) is 6.75. The van der Waals surface area contributed by atoms with Crippen LogP contribution < -0.4 is 0 Å². The third kappa shape index (κ3) is 2.87. The van der Waals surface area contributed by atoms with Gasteiger partial charge in [-0.25, -0.2) is 0 Å². The predicted octanol–water partition coefficient (Wildman–Crippen LogP) is 3.05. The molecule has 0 saturated heterocycles. The van der Waals surface area contributed by atoms with Crippen LogP contribution in [-0.4, -0.2) is 11.1 Å². The zero-order valence-corrected chi connectivity index (χ0v) is 8.44. The lowest BCUT2D eigenvalue weighted by molar-refractivity contribution is -0.139. The molecule has 0 spiro atoms. The topological polar surface area (TPSA) is 37.3 Å². The van der Waals surface area contributed by atoms with E-state index < -0.39 is 5.97 Å². The van der Waals surface area contributed by atoms with Gasteiger partial charge in [-0.15, -0.1) is 0 Å². The van der Waals surface area contributed by atoms with Crippen molar-refractivity contribution < 1.29 is 9.90 Å². The molecule has 0 unspecified atom stereocenters. The number of aliphatic carboxylic acids is 1. The molecule has 0 heterocycles. The molecule has 1 aromatic rings. The van der Waals surface area contributed by atoms with Gasteiger partial charge in [-0.3, -0.25) is 4.79 Å². The Hall–Kier alpha value is -1.31. The largest absolute Gasteiger partial charge is 0.481 e. The molecule has 0 saturated carbocycles. The maximum Gasteiger partial charge on any atom is 0.310 e. The number of benzene rings is 1. The van der Waals surface area contributed by atoms with Gasteiger partial charge in [-0.2, -0.15) is 0 Å². The number of carbonyl (C=O) groups is 1. The van der Waals surface area contributed by atoms with E-state index in [-0.39, 0.29) is 5.92 Å². The molecule has 0 aliphatic carbocycles. The minimum Gasteiger partial charge on any atom is -0.481 e. The summed E-state index contributed by atoms with van der Waals surface area (Å²) < 4.78 is 0. The maximum absolute atomic E-state index is 11.0. The molecule has 0 bridgehead atoms. The first-order valence-electron chi connectivity index (χ1n) is 5.03. The summed E-state index contributed by atoms with van der Waals surface area (Å²) in [5, 5.41) is 9.05. The second kappa shape index (κ2) is 5.43. The number of hydrogen-bond acceptors (Lipinski definition) is 1. The van der Waals surface area contributed by atoms with Gasteiger partial charge in [0, 0.05) is 0 Å². The van der Waals surface area contributed by atoms with E-state index in [1.807, 2.05) is 30.3 Å². The van der Waals surface area contributed by atoms with E-state index >= 15 is 0 Å². The summed E-state index contributed by atoms with van der Waals surface area (Å²) >= 11 is 0. The Bertz CT molecular complexity index is 280. The lowest BCUT2D eigenvalue weighted by atomic mass is 9.94. The molecule has 2 heteroatoms. The number of unbranched alkanes of at least 4 members (excludes halogenated alkanes) is 1. The van der Waals surface area contributed by atoms with Crippen molar-refractivity contribution >= 4 is 5.97 Å². The molecule has 14 heavy (non-hydrogen) atoms. The van der Waals surface area contributed by atoms with Crippen molar-refractivity contribution in [3.05, 3.63) is 35.9 Å². The van der Waals surface area contributed by atoms with E-state index in [2.05, 4.69) is 6.92 Å². The molecular formula is C12H16O2. The third-order valence-corrected chi connectivity index (χ3v) is 2.35. The van der Waals surface area contributed by atoms with E-state index in [0.29, 0.717) is 0 Å². The normalized spacial score (nSPS) is 12.4. The van der Waals surface area contributed by atoms with Gasteiger partial charge in [-0.05, 0) is 12.0 Å². The van der Waals surface area contributed by atoms with Crippen LogP contribution in [0.25, 0.3) is 0 Å². The monoisotopic (exact) mass is 192 g/mol. The summed E-state index contributed by atoms with van der Waals surface area (Å²) in [6, 6.07) is 9.44. The summed E-state index contributed by atoms with van der Waals surface area (Å²) in [6.45, 7) is 2.07. The second-order valence-corrected chi connectivity index (χ2v) is 3.44. The van der Waals surface area contributed by atoms with E-state index in [0.717, 1.165) is 24.8 Å². The van der Waals surface area contributed by atoms with Crippen LogP contribution >= 0.6 is 0 Å². The van der Waals surface area contributed by atoms with Gasteiger partial charge >= 0.3 is 5.97 Å². The maximum atomic E-state index is 11.0. The highest BCUT2D eigenvalue weighted by Crippen LogP contribution is 2.21. The minimum absolute atomic E-state index is 0.337. The molecule has 2 nitrogen and oxygen atoms in total. The summed E-state index contributed by atoms with van der Waals surface area (Å²) in [5.74, 6) is -1.05. The molecule has 0 fully saturated rings. The van der Waals surface area contributed by atoms with Crippen molar-refractivity contribution in [3.63, 3.8) is 0 Å². The van der Waals surface area contributed by atoms with Crippen LogP contribution in [-0.2, 0) is 4.79 Å². The fourth-order valence-electron chi connectivity index (χ4n) is 1.53. The molecule has 76 valence electrons. The lowest BCUT2D eigenvalue weighted by Gasteiger charge is -2.11. The fourth-order valence-corrected chi connectivity index (χ4v) is 1.53. The van der Waals surface area contributed by atoms with Crippen LogP contribution in [0.4, 0.5) is 0 Å². The first-order valence-corrected chi connectivity index (χ1v) is 5.03. The smallest absolute Gasteiger partial charge is 0.310 e. The van der Waals surface area contributed by atoms with Gasteiger partial charge in [0.15, 0.2) is 0 Å². The molecule has 1 aromatic carbocycles. The molecule has 0 amide bonds. The van der Waals surface area contributed by atoms with E-state index in [4.69, 9.17) is 5.11 Å². The average molecular weight is 192 g/mol. The van der Waals surface area contributed by atoms with Gasteiger partial charge in [-0.1, -0.05) is 50.1 Å². The molecular weight excluding hydrogens is 176 g/mol. The van der Waals surface area contributed by atoms with Gasteiger partial charge < -0.3 is 5.11 Å². The highest BCUT2D eigenvalue weighted by Gasteiger charge is 2.18. The van der Waals surface area contributed by atoms with Crippen molar-refractivity contribution in [3.8, 4) is 0 Å². The van der Waals surface area contributed by atoms with Gasteiger partial charge in [0.2, 0.25) is 0 Å². The van der Waals surface area contributed by atoms with Crippen LogP contribution in [0, 0.1) is 0 Å². The van der Waals surface area contributed by atoms with E-state index in [9.17, 15) is 4.79 Å². The van der Waals surface area contributed by atoms with Crippen molar-refractivity contribution in [1.82, 2.24) is 0 Å². The number of carboxylic acid groups (broad SMARTS) is 1. The Labute approximate surface area is 84.6 Å². The lowest BCUT2D eigenvalue weighted by Crippen LogP contribution is -2.11. The van der Waals surface area contributed by atoms with Gasteiger partial charge in [0.25, 0.3) is 0 Å². The Morgan fingerprint density at radius 3 is 2.50 bits per heavy atom. The highest BCUT2D eigenvalue weighted by molar-refractivity contribution is 5.75. The Morgan fingerprint density at radius 1 is 1.36 bits per heavy atom. The van der Waals surface area contributed by atoms with Crippen LogP contribution in [0.1, 0.15) is 37.7 Å². The van der Waals surface area contributed by atoms with Crippen molar-refractivity contribution in [1.29, 1.82) is 0 Å². The molecule has 0 aliphatic heterocycles. The Morgan fingerprint density at radius 2 is 2.00 bits per heavy atom. The average Bonchev–Trinajstić information content (AvgIpc) is 2.19. The SMILES string of the molecule is CCCC[C@H](C(=O)O)c1ccccc1. The highest BCUT2D eigenvalue weighted by atomic mass is 16.4. The van der Waals surface area contributed by atoms with Crippen LogP contribution in [0.2, 0.25) is 0 Å². The molecule has 0 aliphatic rings. The quantitative estimate of drug-likeness (QED) is 0.778. The van der Waals surface area contributed by atoms with Crippen LogP contribution in [0.15, 0.2) is 30.3 Å². The van der Waals surface area contributed by atoms with Crippen LogP contribution in [0.5, 0.6) is 0 Å². The molecule has 1 rings (SSSR count). The Kier molecular flexibility index (Phi) is 4.17. The number of hydrogen-bond donors (Lipinski definition) is 1. The van der Waals surface area contributed by atoms with E-state index in [1.54, 1.807) is 0 Å². The van der Waals surface area contributed by atoms with Gasteiger partial charge in [0.05, 0.1) is 5.92 Å². The molecule has 1 N–H and O–H groups in total. The predicted molar refractivity (Wildman–Crippen MR) is 56.3 cm³/mol. The fraction of sp³-hybridized carbons (Fsp3) is 0.417. The van der Waals surface area contributed by atoms with Crippen LogP contribution in [0.3, 0.4) is 0 Å². The number of carboxylic acids is 1. The standard InChI is InChI=1S/C12H16O2/c1-2-3-9-11(12(13)14)10-7-5-4-6-8-10/h4-8,11H,2-3,9H2,1H3,(H,13,14)/t11-/m0/s1. The minimum atomic E-state index is -0.718. The molecule has 0 aromatic heterocycles. The van der Waals surface area contributed by atoms with E-state index in [1.165, 1.54) is 0 Å². The zero-order valence-electron chi connectivity index (χ0n) is 8.44. The summed E-state index contributed by atoms with van der Waals surface area (Å²) in [6.07, 6.45) is 2.73. The molecule has 1 atom stereocenters. The first kappa shape index (κ1) is 10.8. The summed E-state index contributed by atoms with van der Waals surface area (Å²) in [7, 11) is 0. The Balaban J connectivity index is 2.73. The van der Waals surface area contributed by atoms with Crippen molar-refractivity contribution in [2.24, 2.45) is 0 Å². The summed E-state index contributed by atoms with van der Waals surface area (Å²) in [5.41, 5.74) is 0.911. The molecule has 0 radical (unpaired) electrons. The third-order valence-electron chi connectivity index (χ3n) is 2.35. The number of rotatable bonds is 5. The zero-order chi connectivity index (χ0) is 10.4. The van der Waals surface area contributed by atoms with Crippen molar-refractivity contribution in [2.45, 2.75) is 32.1 Å². The van der Waals surface area contributed by atoms with Gasteiger partial charge in [0.1, 0.15) is 0 Å². The second-order valence-electron chi connectivity index (χ2n) is 3.44. The summed E-state index contributed by atoms with van der Waals surface area (Å²) in [4.78, 5) is 11.0.